The molecule has 0 aromatic rings. The first-order valence-electron chi connectivity index (χ1n) is 30.9. The van der Waals surface area contributed by atoms with Crippen molar-refractivity contribution < 1.29 is 28.6 Å². The minimum atomic E-state index is -0.797. The summed E-state index contributed by atoms with van der Waals surface area (Å²) in [6.45, 7) is 6.40. The van der Waals surface area contributed by atoms with E-state index in [-0.39, 0.29) is 37.5 Å². The van der Waals surface area contributed by atoms with Crippen LogP contribution in [0.2, 0.25) is 0 Å². The number of hydrogen-bond acceptors (Lipinski definition) is 6. The second-order valence-electron chi connectivity index (χ2n) is 20.2. The van der Waals surface area contributed by atoms with Crippen molar-refractivity contribution in [3.63, 3.8) is 0 Å². The van der Waals surface area contributed by atoms with Gasteiger partial charge in [-0.25, -0.2) is 0 Å². The number of carbonyl (C=O) groups excluding carboxylic acids is 3. The first-order valence-corrected chi connectivity index (χ1v) is 30.9. The molecule has 74 heavy (non-hydrogen) atoms. The maximum atomic E-state index is 12.9. The molecule has 0 aliphatic rings. The quantitative estimate of drug-likeness (QED) is 0.0261. The Hall–Kier alpha value is -3.93. The lowest BCUT2D eigenvalue weighted by Gasteiger charge is -2.18. The average Bonchev–Trinajstić information content (AvgIpc) is 3.40. The van der Waals surface area contributed by atoms with E-state index in [0.717, 1.165) is 122 Å². The molecule has 0 aromatic carbocycles. The Bertz CT molecular complexity index is 1510. The molecule has 0 saturated heterocycles. The molecular formula is C68H114O6. The van der Waals surface area contributed by atoms with Gasteiger partial charge in [0.15, 0.2) is 6.10 Å². The highest BCUT2D eigenvalue weighted by Crippen LogP contribution is 2.16. The normalized spacial score (nSPS) is 12.9. The third-order valence-corrected chi connectivity index (χ3v) is 13.0. The van der Waals surface area contributed by atoms with Crippen LogP contribution in [0.4, 0.5) is 0 Å². The molecule has 0 fully saturated rings. The number of hydrogen-bond donors (Lipinski definition) is 0. The van der Waals surface area contributed by atoms with Crippen molar-refractivity contribution in [1.82, 2.24) is 0 Å². The van der Waals surface area contributed by atoms with Gasteiger partial charge in [0.1, 0.15) is 13.2 Å². The Morgan fingerprint density at radius 2 is 0.527 bits per heavy atom. The maximum Gasteiger partial charge on any atom is 0.306 e. The Kier molecular flexibility index (Phi) is 58.3. The summed E-state index contributed by atoms with van der Waals surface area (Å²) >= 11 is 0. The highest BCUT2D eigenvalue weighted by atomic mass is 16.6. The zero-order valence-corrected chi connectivity index (χ0v) is 48.3. The zero-order chi connectivity index (χ0) is 53.6. The second-order valence-corrected chi connectivity index (χ2v) is 20.2. The number of allylic oxidation sites excluding steroid dienone is 18. The number of esters is 3. The van der Waals surface area contributed by atoms with Crippen LogP contribution in [0.3, 0.4) is 0 Å². The molecule has 0 amide bonds. The fourth-order valence-corrected chi connectivity index (χ4v) is 8.46. The second kappa shape index (κ2) is 61.6. The third-order valence-electron chi connectivity index (χ3n) is 13.0. The molecule has 422 valence electrons. The fourth-order valence-electron chi connectivity index (χ4n) is 8.46. The highest BCUT2D eigenvalue weighted by molar-refractivity contribution is 5.71. The van der Waals surface area contributed by atoms with Gasteiger partial charge in [-0.05, 0) is 103 Å². The van der Waals surface area contributed by atoms with Crippen LogP contribution in [0.5, 0.6) is 0 Å². The molecular weight excluding hydrogens is 913 g/mol. The van der Waals surface area contributed by atoms with Gasteiger partial charge in [-0.1, -0.05) is 271 Å². The maximum absolute atomic E-state index is 12.9. The molecule has 0 N–H and O–H groups in total. The molecule has 0 spiro atoms. The first kappa shape index (κ1) is 70.1. The van der Waals surface area contributed by atoms with Crippen molar-refractivity contribution in [1.29, 1.82) is 0 Å². The van der Waals surface area contributed by atoms with Crippen LogP contribution in [-0.4, -0.2) is 37.2 Å². The van der Waals surface area contributed by atoms with Crippen molar-refractivity contribution in [3.05, 3.63) is 109 Å². The Morgan fingerprint density at radius 1 is 0.284 bits per heavy atom. The van der Waals surface area contributed by atoms with Crippen molar-refractivity contribution in [2.45, 2.75) is 290 Å². The standard InChI is InChI=1S/C68H114O6/c1-4-7-10-13-16-19-22-25-27-29-31-32-33-34-35-36-38-39-41-43-46-49-52-55-58-61-67(70)73-64-65(63-72-66(69)60-57-54-51-48-45-24-21-18-15-12-9-6-3)74-68(71)62-59-56-53-50-47-44-42-40-37-30-28-26-23-20-17-14-11-8-5-2/h7-8,10-11,16-17,19-20,25-28,31-32,37,40,44,47,65H,4-6,9,12-15,18,21-24,29-30,33-36,38-39,41-43,45-46,48-64H2,1-3H3/b10-7-,11-8-,19-16-,20-17-,27-25-,28-26-,32-31-,40-37-,47-44-. The van der Waals surface area contributed by atoms with Gasteiger partial charge in [-0.3, -0.25) is 14.4 Å². The Labute approximate surface area is 457 Å². The SMILES string of the molecule is CC/C=C\C/C=C\C/C=C\C/C=C\C/C=C\CCCCCC(=O)OC(COC(=O)CCCCCCCCCCCCCC)COC(=O)CCCCCCCCCCCCCC/C=C\C/C=C\C/C=C\C/C=C\CC. The van der Waals surface area contributed by atoms with Crippen LogP contribution < -0.4 is 0 Å². The summed E-state index contributed by atoms with van der Waals surface area (Å²) in [5.74, 6) is -0.919. The summed E-state index contributed by atoms with van der Waals surface area (Å²) in [4.78, 5) is 38.2. The van der Waals surface area contributed by atoms with E-state index in [1.54, 1.807) is 0 Å². The molecule has 0 saturated carbocycles. The summed E-state index contributed by atoms with van der Waals surface area (Å²) in [5, 5.41) is 0. The Balaban J connectivity index is 4.35. The van der Waals surface area contributed by atoms with Crippen LogP contribution in [-0.2, 0) is 28.6 Å². The zero-order valence-electron chi connectivity index (χ0n) is 48.3. The minimum Gasteiger partial charge on any atom is -0.462 e. The van der Waals surface area contributed by atoms with E-state index in [1.807, 2.05) is 0 Å². The monoisotopic (exact) mass is 1030 g/mol. The van der Waals surface area contributed by atoms with Crippen LogP contribution in [0, 0.1) is 0 Å². The van der Waals surface area contributed by atoms with E-state index < -0.39 is 6.10 Å². The van der Waals surface area contributed by atoms with Gasteiger partial charge >= 0.3 is 17.9 Å². The number of ether oxygens (including phenoxy) is 3. The van der Waals surface area contributed by atoms with E-state index in [1.165, 1.54) is 122 Å². The first-order chi connectivity index (χ1) is 36.5. The largest absolute Gasteiger partial charge is 0.462 e. The van der Waals surface area contributed by atoms with E-state index in [2.05, 4.69) is 130 Å². The van der Waals surface area contributed by atoms with Gasteiger partial charge in [-0.15, -0.1) is 0 Å². The molecule has 0 heterocycles. The molecule has 0 aliphatic heterocycles. The topological polar surface area (TPSA) is 78.9 Å². The van der Waals surface area contributed by atoms with Gasteiger partial charge in [-0.2, -0.15) is 0 Å². The molecule has 1 atom stereocenters. The third kappa shape index (κ3) is 59.0. The van der Waals surface area contributed by atoms with Crippen molar-refractivity contribution in [2.75, 3.05) is 13.2 Å². The fraction of sp³-hybridized carbons (Fsp3) is 0.691. The summed E-state index contributed by atoms with van der Waals surface area (Å²) in [7, 11) is 0. The summed E-state index contributed by atoms with van der Waals surface area (Å²) < 4.78 is 16.9. The van der Waals surface area contributed by atoms with Crippen molar-refractivity contribution in [2.24, 2.45) is 0 Å². The summed E-state index contributed by atoms with van der Waals surface area (Å²) in [6, 6.07) is 0. The number of unbranched alkanes of at least 4 members (excludes halogenated alkanes) is 26. The van der Waals surface area contributed by atoms with Crippen molar-refractivity contribution >= 4 is 17.9 Å². The van der Waals surface area contributed by atoms with Crippen molar-refractivity contribution in [3.8, 4) is 0 Å². The van der Waals surface area contributed by atoms with Gasteiger partial charge in [0.25, 0.3) is 0 Å². The predicted molar refractivity (Wildman–Crippen MR) is 320 cm³/mol. The van der Waals surface area contributed by atoms with E-state index >= 15 is 0 Å². The van der Waals surface area contributed by atoms with E-state index in [0.29, 0.717) is 12.8 Å². The summed E-state index contributed by atoms with van der Waals surface area (Å²) in [5.41, 5.74) is 0. The lowest BCUT2D eigenvalue weighted by Crippen LogP contribution is -2.30. The smallest absolute Gasteiger partial charge is 0.306 e. The molecule has 0 rings (SSSR count). The Morgan fingerprint density at radius 3 is 0.838 bits per heavy atom. The van der Waals surface area contributed by atoms with Crippen LogP contribution in [0.25, 0.3) is 0 Å². The van der Waals surface area contributed by atoms with Gasteiger partial charge in [0.05, 0.1) is 0 Å². The lowest BCUT2D eigenvalue weighted by atomic mass is 10.0. The van der Waals surface area contributed by atoms with Crippen LogP contribution in [0.15, 0.2) is 109 Å². The minimum absolute atomic E-state index is 0.0904. The average molecular weight is 1030 g/mol. The number of carbonyl (C=O) groups is 3. The molecule has 6 nitrogen and oxygen atoms in total. The molecule has 1 unspecified atom stereocenters. The van der Waals surface area contributed by atoms with Crippen LogP contribution in [0.1, 0.15) is 284 Å². The highest BCUT2D eigenvalue weighted by Gasteiger charge is 2.19. The van der Waals surface area contributed by atoms with E-state index in [4.69, 9.17) is 14.2 Å². The molecule has 0 aliphatic carbocycles. The van der Waals surface area contributed by atoms with Crippen LogP contribution >= 0.6 is 0 Å². The van der Waals surface area contributed by atoms with Gasteiger partial charge in [0.2, 0.25) is 0 Å². The van der Waals surface area contributed by atoms with E-state index in [9.17, 15) is 14.4 Å². The molecule has 0 bridgehead atoms. The predicted octanol–water partition coefficient (Wildman–Crippen LogP) is 21.0. The lowest BCUT2D eigenvalue weighted by molar-refractivity contribution is -0.167. The molecule has 6 heteroatoms. The molecule has 0 aromatic heterocycles. The number of rotatable bonds is 55. The molecule has 0 radical (unpaired) electrons. The van der Waals surface area contributed by atoms with Gasteiger partial charge < -0.3 is 14.2 Å². The van der Waals surface area contributed by atoms with Gasteiger partial charge in [0, 0.05) is 19.3 Å². The summed E-state index contributed by atoms with van der Waals surface area (Å²) in [6.07, 6.45) is 83.7.